The second kappa shape index (κ2) is 5.76. The van der Waals surface area contributed by atoms with Crippen LogP contribution in [-0.4, -0.2) is 18.0 Å². The number of oxazole rings is 1. The number of hydrogen-bond acceptors (Lipinski definition) is 5. The number of carbonyl (C=O) groups is 1. The number of fused-ring (bicyclic) bond motifs is 1. The van der Waals surface area contributed by atoms with Crippen molar-refractivity contribution in [3.8, 4) is 0 Å². The van der Waals surface area contributed by atoms with E-state index < -0.39 is 0 Å². The Hall–Kier alpha value is -1.66. The summed E-state index contributed by atoms with van der Waals surface area (Å²) in [6.45, 7) is 0.269. The lowest BCUT2D eigenvalue weighted by Crippen LogP contribution is -2.30. The Morgan fingerprint density at radius 1 is 1.65 bits per heavy atom. The third-order valence-corrected chi connectivity index (χ3v) is 4.41. The van der Waals surface area contributed by atoms with Crippen molar-refractivity contribution in [3.63, 3.8) is 0 Å². The maximum absolute atomic E-state index is 12.2. The number of amides is 1. The fourth-order valence-electron chi connectivity index (χ4n) is 2.47. The number of aryl methyl sites for hydroxylation is 1. The van der Waals surface area contributed by atoms with E-state index in [9.17, 15) is 4.79 Å². The van der Waals surface area contributed by atoms with E-state index in [1.165, 1.54) is 16.7 Å². The van der Waals surface area contributed by atoms with Crippen LogP contribution in [0, 0.1) is 0 Å². The Balaban J connectivity index is 1.70. The number of aromatic nitrogens is 1. The highest BCUT2D eigenvalue weighted by Crippen LogP contribution is 2.33. The summed E-state index contributed by atoms with van der Waals surface area (Å²) in [4.78, 5) is 17.7. The van der Waals surface area contributed by atoms with Gasteiger partial charge in [0.25, 0.3) is 5.91 Å². The fourth-order valence-corrected chi connectivity index (χ4v) is 3.46. The third-order valence-electron chi connectivity index (χ3n) is 3.41. The van der Waals surface area contributed by atoms with Gasteiger partial charge in [-0.15, -0.1) is 11.3 Å². The summed E-state index contributed by atoms with van der Waals surface area (Å²) in [5.41, 5.74) is 1.55. The van der Waals surface area contributed by atoms with Crippen LogP contribution < -0.4 is 5.32 Å². The molecule has 1 amide bonds. The fraction of sp³-hybridized carbons (Fsp3) is 0.429. The van der Waals surface area contributed by atoms with E-state index >= 15 is 0 Å². The molecule has 1 aliphatic carbocycles. The van der Waals surface area contributed by atoms with Crippen molar-refractivity contribution in [1.29, 1.82) is 0 Å². The van der Waals surface area contributed by atoms with Gasteiger partial charge in [-0.1, -0.05) is 0 Å². The zero-order chi connectivity index (χ0) is 13.9. The molecule has 0 spiro atoms. The maximum atomic E-state index is 12.2. The number of nitrogens with zero attached hydrogens (tertiary/aromatic N) is 1. The van der Waals surface area contributed by atoms with E-state index in [4.69, 9.17) is 9.15 Å². The Morgan fingerprint density at radius 3 is 3.40 bits per heavy atom. The summed E-state index contributed by atoms with van der Waals surface area (Å²) in [6, 6.07) is 2.18. The molecule has 0 aliphatic heterocycles. The lowest BCUT2D eigenvalue weighted by atomic mass is 9.94. The summed E-state index contributed by atoms with van der Waals surface area (Å²) < 4.78 is 10.1. The molecule has 1 atom stereocenters. The molecule has 2 aromatic rings. The SMILES string of the molecule is COCc1nc(C(=O)N[C@H]2CCCc3sccc32)co1. The molecule has 0 unspecified atom stereocenters. The zero-order valence-electron chi connectivity index (χ0n) is 11.2. The maximum Gasteiger partial charge on any atom is 0.273 e. The van der Waals surface area contributed by atoms with Gasteiger partial charge in [-0.25, -0.2) is 4.98 Å². The molecule has 5 nitrogen and oxygen atoms in total. The standard InChI is InChI=1S/C14H16N2O3S/c1-18-8-13-15-11(7-19-13)14(17)16-10-3-2-4-12-9(10)5-6-20-12/h5-7,10H,2-4,8H2,1H3,(H,16,17)/t10-/m0/s1. The van der Waals surface area contributed by atoms with Crippen LogP contribution in [-0.2, 0) is 17.8 Å². The van der Waals surface area contributed by atoms with Gasteiger partial charge in [-0.05, 0) is 36.3 Å². The lowest BCUT2D eigenvalue weighted by Gasteiger charge is -2.23. The van der Waals surface area contributed by atoms with Gasteiger partial charge in [0, 0.05) is 12.0 Å². The van der Waals surface area contributed by atoms with Crippen LogP contribution in [0.5, 0.6) is 0 Å². The molecule has 6 heteroatoms. The predicted octanol–water partition coefficient (Wildman–Crippen LogP) is 2.69. The average molecular weight is 292 g/mol. The lowest BCUT2D eigenvalue weighted by molar-refractivity contribution is 0.0927. The summed E-state index contributed by atoms with van der Waals surface area (Å²) in [6.07, 6.45) is 4.56. The van der Waals surface area contributed by atoms with Gasteiger partial charge in [-0.3, -0.25) is 4.79 Å². The topological polar surface area (TPSA) is 64.4 Å². The molecule has 0 saturated carbocycles. The molecule has 0 radical (unpaired) electrons. The summed E-state index contributed by atoms with van der Waals surface area (Å²) in [7, 11) is 1.56. The van der Waals surface area contributed by atoms with E-state index in [1.807, 2.05) is 0 Å². The first-order valence-corrected chi connectivity index (χ1v) is 7.46. The van der Waals surface area contributed by atoms with Gasteiger partial charge in [0.15, 0.2) is 5.69 Å². The van der Waals surface area contributed by atoms with Gasteiger partial charge < -0.3 is 14.5 Å². The molecule has 1 N–H and O–H groups in total. The van der Waals surface area contributed by atoms with E-state index in [0.29, 0.717) is 11.6 Å². The minimum atomic E-state index is -0.194. The largest absolute Gasteiger partial charge is 0.446 e. The molecule has 0 fully saturated rings. The van der Waals surface area contributed by atoms with Gasteiger partial charge in [0.1, 0.15) is 12.9 Å². The quantitative estimate of drug-likeness (QED) is 0.941. The van der Waals surface area contributed by atoms with Crippen LogP contribution in [0.1, 0.15) is 45.7 Å². The number of rotatable bonds is 4. The molecule has 3 rings (SSSR count). The number of ether oxygens (including phenoxy) is 1. The van der Waals surface area contributed by atoms with E-state index in [2.05, 4.69) is 21.7 Å². The molecular weight excluding hydrogens is 276 g/mol. The van der Waals surface area contributed by atoms with Crippen LogP contribution in [0.3, 0.4) is 0 Å². The van der Waals surface area contributed by atoms with Crippen molar-refractivity contribution in [3.05, 3.63) is 39.7 Å². The molecule has 1 aliphatic rings. The van der Waals surface area contributed by atoms with Crippen molar-refractivity contribution in [2.24, 2.45) is 0 Å². The second-order valence-electron chi connectivity index (χ2n) is 4.78. The number of methoxy groups -OCH3 is 1. The van der Waals surface area contributed by atoms with Gasteiger partial charge >= 0.3 is 0 Å². The average Bonchev–Trinajstić information content (AvgIpc) is 3.08. The van der Waals surface area contributed by atoms with Gasteiger partial charge in [-0.2, -0.15) is 0 Å². The Bertz CT molecular complexity index is 605. The van der Waals surface area contributed by atoms with Crippen molar-refractivity contribution in [1.82, 2.24) is 10.3 Å². The highest BCUT2D eigenvalue weighted by atomic mass is 32.1. The van der Waals surface area contributed by atoms with E-state index in [1.54, 1.807) is 18.4 Å². The highest BCUT2D eigenvalue weighted by molar-refractivity contribution is 7.10. The monoisotopic (exact) mass is 292 g/mol. The second-order valence-corrected chi connectivity index (χ2v) is 5.78. The number of thiophene rings is 1. The highest BCUT2D eigenvalue weighted by Gasteiger charge is 2.24. The van der Waals surface area contributed by atoms with Crippen LogP contribution >= 0.6 is 11.3 Å². The first kappa shape index (κ1) is 13.3. The predicted molar refractivity (Wildman–Crippen MR) is 74.7 cm³/mol. The Labute approximate surface area is 121 Å². The Morgan fingerprint density at radius 2 is 2.55 bits per heavy atom. The van der Waals surface area contributed by atoms with Crippen molar-refractivity contribution in [2.75, 3.05) is 7.11 Å². The number of hydrogen-bond donors (Lipinski definition) is 1. The first-order chi connectivity index (χ1) is 9.78. The molecule has 0 aromatic carbocycles. The molecule has 2 aromatic heterocycles. The number of nitrogens with one attached hydrogen (secondary N) is 1. The van der Waals surface area contributed by atoms with Crippen molar-refractivity contribution >= 4 is 17.2 Å². The first-order valence-electron chi connectivity index (χ1n) is 6.58. The molecule has 0 saturated heterocycles. The molecule has 2 heterocycles. The van der Waals surface area contributed by atoms with Gasteiger partial charge in [0.05, 0.1) is 6.04 Å². The summed E-state index contributed by atoms with van der Waals surface area (Å²) in [5.74, 6) is 0.220. The zero-order valence-corrected chi connectivity index (χ0v) is 12.0. The van der Waals surface area contributed by atoms with Crippen LogP contribution in [0.15, 0.2) is 22.1 Å². The van der Waals surface area contributed by atoms with E-state index in [0.717, 1.165) is 19.3 Å². The molecular formula is C14H16N2O3S. The minimum absolute atomic E-state index is 0.0834. The normalized spacial score (nSPS) is 17.8. The molecule has 0 bridgehead atoms. The van der Waals surface area contributed by atoms with Crippen LogP contribution in [0.4, 0.5) is 0 Å². The van der Waals surface area contributed by atoms with Crippen LogP contribution in [0.25, 0.3) is 0 Å². The van der Waals surface area contributed by atoms with E-state index in [-0.39, 0.29) is 18.6 Å². The molecule has 106 valence electrons. The van der Waals surface area contributed by atoms with Gasteiger partial charge in [0.2, 0.25) is 5.89 Å². The summed E-state index contributed by atoms with van der Waals surface area (Å²) >= 11 is 1.76. The number of carbonyl (C=O) groups excluding carboxylic acids is 1. The minimum Gasteiger partial charge on any atom is -0.446 e. The van der Waals surface area contributed by atoms with Crippen molar-refractivity contribution in [2.45, 2.75) is 31.9 Å². The Kier molecular flexibility index (Phi) is 3.84. The summed E-state index contributed by atoms with van der Waals surface area (Å²) in [5, 5.41) is 5.12. The third kappa shape index (κ3) is 2.62. The van der Waals surface area contributed by atoms with Crippen molar-refractivity contribution < 1.29 is 13.9 Å². The smallest absolute Gasteiger partial charge is 0.273 e. The van der Waals surface area contributed by atoms with Crippen LogP contribution in [0.2, 0.25) is 0 Å². The molecule has 20 heavy (non-hydrogen) atoms.